The Bertz CT molecular complexity index is 647. The van der Waals surface area contributed by atoms with Gasteiger partial charge in [-0.3, -0.25) is 4.79 Å². The number of anilines is 2. The van der Waals surface area contributed by atoms with Crippen LogP contribution in [0.3, 0.4) is 0 Å². The lowest BCUT2D eigenvalue weighted by molar-refractivity contribution is -0.116. The molecule has 3 heteroatoms. The molecule has 0 saturated carbocycles. The fraction of sp³-hybridized carbons (Fsp3) is 0.316. The van der Waals surface area contributed by atoms with Crippen LogP contribution in [-0.2, 0) is 11.2 Å². The van der Waals surface area contributed by atoms with Gasteiger partial charge in [0.15, 0.2) is 0 Å². The number of hydrogen-bond acceptors (Lipinski definition) is 2. The third-order valence-electron chi connectivity index (χ3n) is 3.78. The van der Waals surface area contributed by atoms with Crippen LogP contribution in [0.25, 0.3) is 0 Å². The largest absolute Gasteiger partial charge is 0.374 e. The van der Waals surface area contributed by atoms with Gasteiger partial charge in [-0.1, -0.05) is 36.8 Å². The summed E-state index contributed by atoms with van der Waals surface area (Å²) < 4.78 is 0. The SMILES string of the molecule is CCc1ccc(NC(=O)[C@H](C)Nc2ccc(C)cc2C)cc1. The molecule has 0 fully saturated rings. The molecule has 0 aromatic heterocycles. The van der Waals surface area contributed by atoms with Gasteiger partial charge < -0.3 is 10.6 Å². The van der Waals surface area contributed by atoms with Gasteiger partial charge in [-0.2, -0.15) is 0 Å². The Balaban J connectivity index is 1.99. The Morgan fingerprint density at radius 2 is 1.77 bits per heavy atom. The monoisotopic (exact) mass is 296 g/mol. The zero-order chi connectivity index (χ0) is 16.1. The van der Waals surface area contributed by atoms with Gasteiger partial charge in [0.1, 0.15) is 6.04 Å². The molecule has 0 saturated heterocycles. The second-order valence-corrected chi connectivity index (χ2v) is 5.72. The van der Waals surface area contributed by atoms with E-state index in [1.807, 2.05) is 50.2 Å². The molecule has 1 amide bonds. The summed E-state index contributed by atoms with van der Waals surface area (Å²) in [5, 5.41) is 6.21. The molecule has 2 aromatic carbocycles. The molecule has 0 unspecified atom stereocenters. The quantitative estimate of drug-likeness (QED) is 0.863. The number of carbonyl (C=O) groups is 1. The van der Waals surface area contributed by atoms with Crippen molar-refractivity contribution in [3.05, 3.63) is 59.2 Å². The van der Waals surface area contributed by atoms with Crippen molar-refractivity contribution in [2.75, 3.05) is 10.6 Å². The lowest BCUT2D eigenvalue weighted by Gasteiger charge is -2.17. The Morgan fingerprint density at radius 1 is 1.09 bits per heavy atom. The van der Waals surface area contributed by atoms with E-state index in [0.717, 1.165) is 23.4 Å². The highest BCUT2D eigenvalue weighted by molar-refractivity contribution is 5.96. The highest BCUT2D eigenvalue weighted by atomic mass is 16.2. The average Bonchev–Trinajstić information content (AvgIpc) is 2.50. The minimum absolute atomic E-state index is 0.0378. The summed E-state index contributed by atoms with van der Waals surface area (Å²) in [6, 6.07) is 13.8. The Morgan fingerprint density at radius 3 is 2.36 bits per heavy atom. The predicted molar refractivity (Wildman–Crippen MR) is 93.5 cm³/mol. The van der Waals surface area contributed by atoms with E-state index in [9.17, 15) is 4.79 Å². The van der Waals surface area contributed by atoms with Crippen molar-refractivity contribution in [1.82, 2.24) is 0 Å². The molecule has 0 radical (unpaired) electrons. The molecule has 0 aliphatic carbocycles. The molecule has 3 nitrogen and oxygen atoms in total. The molecule has 0 heterocycles. The molecule has 2 aromatic rings. The van der Waals surface area contributed by atoms with Crippen molar-refractivity contribution in [1.29, 1.82) is 0 Å². The van der Waals surface area contributed by atoms with Gasteiger partial charge >= 0.3 is 0 Å². The smallest absolute Gasteiger partial charge is 0.246 e. The topological polar surface area (TPSA) is 41.1 Å². The van der Waals surface area contributed by atoms with Gasteiger partial charge in [-0.15, -0.1) is 0 Å². The average molecular weight is 296 g/mol. The zero-order valence-corrected chi connectivity index (χ0v) is 13.7. The van der Waals surface area contributed by atoms with E-state index in [4.69, 9.17) is 0 Å². The first-order chi connectivity index (χ1) is 10.5. The molecule has 0 bridgehead atoms. The van der Waals surface area contributed by atoms with Crippen molar-refractivity contribution in [3.63, 3.8) is 0 Å². The summed E-state index contributed by atoms with van der Waals surface area (Å²) in [5.74, 6) is -0.0378. The van der Waals surface area contributed by atoms with E-state index in [-0.39, 0.29) is 11.9 Å². The summed E-state index contributed by atoms with van der Waals surface area (Å²) >= 11 is 0. The molecule has 0 aliphatic heterocycles. The molecule has 116 valence electrons. The molecule has 2 N–H and O–H groups in total. The molecule has 0 spiro atoms. The minimum atomic E-state index is -0.299. The minimum Gasteiger partial charge on any atom is -0.374 e. The maximum atomic E-state index is 12.3. The van der Waals surface area contributed by atoms with Crippen LogP contribution in [0.5, 0.6) is 0 Å². The number of rotatable bonds is 5. The van der Waals surface area contributed by atoms with Crippen LogP contribution >= 0.6 is 0 Å². The lowest BCUT2D eigenvalue weighted by Crippen LogP contribution is -2.32. The fourth-order valence-corrected chi connectivity index (χ4v) is 2.35. The predicted octanol–water partition coefficient (Wildman–Crippen LogP) is 4.30. The Labute approximate surface area is 132 Å². The van der Waals surface area contributed by atoms with Gasteiger partial charge in [-0.25, -0.2) is 0 Å². The molecular weight excluding hydrogens is 272 g/mol. The van der Waals surface area contributed by atoms with Crippen LogP contribution in [-0.4, -0.2) is 11.9 Å². The maximum absolute atomic E-state index is 12.3. The standard InChI is InChI=1S/C19H24N2O/c1-5-16-7-9-17(10-8-16)21-19(22)15(4)20-18-11-6-13(2)12-14(18)3/h6-12,15,20H,5H2,1-4H3,(H,21,22)/t15-/m0/s1. The number of aryl methyl sites for hydroxylation is 3. The number of nitrogens with one attached hydrogen (secondary N) is 2. The molecule has 1 atom stereocenters. The molecular formula is C19H24N2O. The molecule has 0 aliphatic rings. The van der Waals surface area contributed by atoms with Crippen molar-refractivity contribution in [2.24, 2.45) is 0 Å². The van der Waals surface area contributed by atoms with Gasteiger partial charge in [0, 0.05) is 11.4 Å². The first-order valence-corrected chi connectivity index (χ1v) is 7.73. The van der Waals surface area contributed by atoms with E-state index in [1.54, 1.807) is 0 Å². The van der Waals surface area contributed by atoms with Gasteiger partial charge in [-0.05, 0) is 56.5 Å². The zero-order valence-electron chi connectivity index (χ0n) is 13.7. The van der Waals surface area contributed by atoms with Crippen LogP contribution in [0.2, 0.25) is 0 Å². The number of amides is 1. The van der Waals surface area contributed by atoms with Crippen LogP contribution < -0.4 is 10.6 Å². The Hall–Kier alpha value is -2.29. The summed E-state index contributed by atoms with van der Waals surface area (Å²) in [4.78, 5) is 12.3. The van der Waals surface area contributed by atoms with Crippen LogP contribution in [0.15, 0.2) is 42.5 Å². The fourth-order valence-electron chi connectivity index (χ4n) is 2.35. The van der Waals surface area contributed by atoms with E-state index in [2.05, 4.69) is 30.5 Å². The normalized spacial score (nSPS) is 11.8. The summed E-state index contributed by atoms with van der Waals surface area (Å²) in [6.07, 6.45) is 0.999. The third kappa shape index (κ3) is 4.10. The van der Waals surface area contributed by atoms with Crippen molar-refractivity contribution >= 4 is 17.3 Å². The second-order valence-electron chi connectivity index (χ2n) is 5.72. The first kappa shape index (κ1) is 16.1. The number of hydrogen-bond donors (Lipinski definition) is 2. The van der Waals surface area contributed by atoms with E-state index in [0.29, 0.717) is 0 Å². The summed E-state index contributed by atoms with van der Waals surface area (Å²) in [5.41, 5.74) is 5.45. The van der Waals surface area contributed by atoms with Crippen LogP contribution in [0.1, 0.15) is 30.5 Å². The van der Waals surface area contributed by atoms with Gasteiger partial charge in [0.05, 0.1) is 0 Å². The summed E-state index contributed by atoms with van der Waals surface area (Å²) in [7, 11) is 0. The molecule has 22 heavy (non-hydrogen) atoms. The Kier molecular flexibility index (Phi) is 5.21. The number of carbonyl (C=O) groups excluding carboxylic acids is 1. The van der Waals surface area contributed by atoms with Crippen LogP contribution in [0, 0.1) is 13.8 Å². The van der Waals surface area contributed by atoms with E-state index in [1.165, 1.54) is 11.1 Å². The van der Waals surface area contributed by atoms with E-state index < -0.39 is 0 Å². The maximum Gasteiger partial charge on any atom is 0.246 e. The van der Waals surface area contributed by atoms with Crippen molar-refractivity contribution in [2.45, 2.75) is 40.2 Å². The van der Waals surface area contributed by atoms with Crippen molar-refractivity contribution < 1.29 is 4.79 Å². The van der Waals surface area contributed by atoms with Gasteiger partial charge in [0.25, 0.3) is 0 Å². The third-order valence-corrected chi connectivity index (χ3v) is 3.78. The van der Waals surface area contributed by atoms with Crippen LogP contribution in [0.4, 0.5) is 11.4 Å². The second kappa shape index (κ2) is 7.12. The van der Waals surface area contributed by atoms with Gasteiger partial charge in [0.2, 0.25) is 5.91 Å². The van der Waals surface area contributed by atoms with Crippen molar-refractivity contribution in [3.8, 4) is 0 Å². The number of benzene rings is 2. The lowest BCUT2D eigenvalue weighted by atomic mass is 10.1. The first-order valence-electron chi connectivity index (χ1n) is 7.73. The highest BCUT2D eigenvalue weighted by Crippen LogP contribution is 2.17. The highest BCUT2D eigenvalue weighted by Gasteiger charge is 2.13. The molecule has 2 rings (SSSR count). The summed E-state index contributed by atoms with van der Waals surface area (Å²) in [6.45, 7) is 8.09. The van der Waals surface area contributed by atoms with E-state index >= 15 is 0 Å².